The van der Waals surface area contributed by atoms with Gasteiger partial charge in [-0.1, -0.05) is 6.07 Å². The number of halogens is 2. The molecular weight excluding hydrogens is 324 g/mol. The average Bonchev–Trinajstić information content (AvgIpc) is 3.19. The molecule has 0 radical (unpaired) electrons. The molecule has 0 amide bonds. The van der Waals surface area contributed by atoms with Gasteiger partial charge in [0.1, 0.15) is 0 Å². The normalized spacial score (nSPS) is 15.6. The van der Waals surface area contributed by atoms with Gasteiger partial charge in [-0.25, -0.2) is 9.79 Å². The van der Waals surface area contributed by atoms with Gasteiger partial charge in [0, 0.05) is 0 Å². The fourth-order valence-electron chi connectivity index (χ4n) is 2.04. The zero-order chi connectivity index (χ0) is 17.1. The van der Waals surface area contributed by atoms with E-state index in [9.17, 15) is 13.6 Å². The predicted octanol–water partition coefficient (Wildman–Crippen LogP) is 3.23. The van der Waals surface area contributed by atoms with Gasteiger partial charge >= 0.3 is 12.6 Å². The van der Waals surface area contributed by atoms with Crippen molar-refractivity contribution in [1.82, 2.24) is 0 Å². The highest BCUT2D eigenvalue weighted by Crippen LogP contribution is 2.30. The zero-order valence-electron chi connectivity index (χ0n) is 12.4. The van der Waals surface area contributed by atoms with E-state index < -0.39 is 12.6 Å². The van der Waals surface area contributed by atoms with Crippen LogP contribution in [0.15, 0.2) is 51.7 Å². The minimum Gasteiger partial charge on any atom is -0.493 e. The number of ether oxygens (including phenoxy) is 3. The fraction of sp³-hybridized carbons (Fsp3) is 0.125. The summed E-state index contributed by atoms with van der Waals surface area (Å²) in [5.41, 5.74) is 0.552. The Bertz CT molecular complexity index is 812. The molecule has 0 unspecified atom stereocenters. The fourth-order valence-corrected chi connectivity index (χ4v) is 2.04. The second-order valence-corrected chi connectivity index (χ2v) is 4.60. The molecule has 0 saturated heterocycles. The molecule has 0 N–H and O–H groups in total. The molecule has 124 valence electrons. The Morgan fingerprint density at radius 3 is 2.75 bits per heavy atom. The summed E-state index contributed by atoms with van der Waals surface area (Å²) >= 11 is 0. The van der Waals surface area contributed by atoms with Gasteiger partial charge in [-0.05, 0) is 35.9 Å². The van der Waals surface area contributed by atoms with Crippen LogP contribution in [0.1, 0.15) is 11.3 Å². The van der Waals surface area contributed by atoms with Gasteiger partial charge in [0.2, 0.25) is 0 Å². The van der Waals surface area contributed by atoms with Gasteiger partial charge in [-0.15, -0.1) is 0 Å². The van der Waals surface area contributed by atoms with Crippen molar-refractivity contribution in [3.63, 3.8) is 0 Å². The lowest BCUT2D eigenvalue weighted by Crippen LogP contribution is -2.04. The first-order valence-electron chi connectivity index (χ1n) is 6.76. The molecule has 1 aromatic carbocycles. The number of alkyl halides is 2. The number of hydrogen-bond acceptors (Lipinski definition) is 6. The van der Waals surface area contributed by atoms with E-state index in [0.717, 1.165) is 0 Å². The minimum atomic E-state index is -2.96. The maximum Gasteiger partial charge on any atom is 0.387 e. The minimum absolute atomic E-state index is 0.0472. The van der Waals surface area contributed by atoms with Gasteiger partial charge in [0.15, 0.2) is 23.0 Å². The van der Waals surface area contributed by atoms with Crippen LogP contribution in [-0.2, 0) is 9.53 Å². The maximum atomic E-state index is 12.3. The summed E-state index contributed by atoms with van der Waals surface area (Å²) in [7, 11) is 1.32. The molecule has 24 heavy (non-hydrogen) atoms. The molecule has 2 aromatic rings. The van der Waals surface area contributed by atoms with Crippen molar-refractivity contribution in [3.8, 4) is 11.5 Å². The molecular formula is C16H11F2NO5. The number of hydrogen-bond donors (Lipinski definition) is 0. The largest absolute Gasteiger partial charge is 0.493 e. The van der Waals surface area contributed by atoms with Crippen molar-refractivity contribution < 1.29 is 32.2 Å². The van der Waals surface area contributed by atoms with Crippen molar-refractivity contribution >= 4 is 17.9 Å². The molecule has 3 rings (SSSR count). The van der Waals surface area contributed by atoms with E-state index in [4.69, 9.17) is 13.9 Å². The van der Waals surface area contributed by atoms with Crippen LogP contribution in [0.5, 0.6) is 11.5 Å². The lowest BCUT2D eigenvalue weighted by atomic mass is 10.1. The average molecular weight is 335 g/mol. The smallest absolute Gasteiger partial charge is 0.387 e. The molecule has 0 aliphatic carbocycles. The van der Waals surface area contributed by atoms with E-state index in [2.05, 4.69) is 9.73 Å². The van der Waals surface area contributed by atoms with E-state index in [1.165, 1.54) is 37.6 Å². The molecule has 1 aliphatic heterocycles. The van der Waals surface area contributed by atoms with Gasteiger partial charge in [0.05, 0.1) is 13.4 Å². The number of nitrogens with zero attached hydrogens (tertiary/aromatic N) is 1. The van der Waals surface area contributed by atoms with Crippen molar-refractivity contribution in [3.05, 3.63) is 53.6 Å². The first-order chi connectivity index (χ1) is 11.6. The Kier molecular flexibility index (Phi) is 4.28. The van der Waals surface area contributed by atoms with Crippen LogP contribution in [0.25, 0.3) is 6.08 Å². The Hall–Kier alpha value is -3.16. The molecule has 1 aromatic heterocycles. The standard InChI is InChI=1S/C16H11F2NO5/c1-21-13-8-9(4-5-11(13)23-16(17)18)7-10-15(20)24-14(19-10)12-3-2-6-22-12/h2-8,16H,1H3/b10-7+. The monoisotopic (exact) mass is 335 g/mol. The third kappa shape index (κ3) is 3.27. The van der Waals surface area contributed by atoms with Gasteiger partial charge in [-0.2, -0.15) is 8.78 Å². The summed E-state index contributed by atoms with van der Waals surface area (Å²) in [5, 5.41) is 0. The number of esters is 1. The Morgan fingerprint density at radius 1 is 1.25 bits per heavy atom. The highest BCUT2D eigenvalue weighted by atomic mass is 19.3. The van der Waals surface area contributed by atoms with Crippen LogP contribution in [0.4, 0.5) is 8.78 Å². The van der Waals surface area contributed by atoms with Gasteiger partial charge < -0.3 is 18.6 Å². The SMILES string of the molecule is COc1cc(/C=C2/N=C(c3ccco3)OC2=O)ccc1OC(F)F. The van der Waals surface area contributed by atoms with Crippen LogP contribution in [0.3, 0.4) is 0 Å². The number of cyclic esters (lactones) is 1. The van der Waals surface area contributed by atoms with Crippen LogP contribution < -0.4 is 9.47 Å². The van der Waals surface area contributed by atoms with E-state index in [1.807, 2.05) is 0 Å². The summed E-state index contributed by atoms with van der Waals surface area (Å²) in [5.74, 6) is -0.270. The quantitative estimate of drug-likeness (QED) is 0.620. The number of carbonyl (C=O) groups excluding carboxylic acids is 1. The third-order valence-electron chi connectivity index (χ3n) is 3.06. The van der Waals surface area contributed by atoms with Crippen molar-refractivity contribution in [2.24, 2.45) is 4.99 Å². The molecule has 8 heteroatoms. The predicted molar refractivity (Wildman–Crippen MR) is 78.9 cm³/mol. The molecule has 0 fully saturated rings. The van der Waals surface area contributed by atoms with Gasteiger partial charge in [0.25, 0.3) is 5.90 Å². The van der Waals surface area contributed by atoms with E-state index in [0.29, 0.717) is 11.3 Å². The summed E-state index contributed by atoms with van der Waals surface area (Å²) in [6.45, 7) is -2.96. The number of benzene rings is 1. The number of methoxy groups -OCH3 is 1. The second kappa shape index (κ2) is 6.53. The first kappa shape index (κ1) is 15.7. The van der Waals surface area contributed by atoms with E-state index in [-0.39, 0.29) is 23.1 Å². The number of aliphatic imine (C=N–C) groups is 1. The molecule has 0 bridgehead atoms. The number of rotatable bonds is 5. The topological polar surface area (TPSA) is 70.3 Å². The molecule has 0 atom stereocenters. The van der Waals surface area contributed by atoms with Crippen LogP contribution >= 0.6 is 0 Å². The van der Waals surface area contributed by atoms with E-state index in [1.54, 1.807) is 12.1 Å². The molecule has 2 heterocycles. The molecule has 6 nitrogen and oxygen atoms in total. The van der Waals surface area contributed by atoms with Crippen molar-refractivity contribution in [2.75, 3.05) is 7.11 Å². The zero-order valence-corrected chi connectivity index (χ0v) is 12.4. The van der Waals surface area contributed by atoms with Crippen LogP contribution in [0.2, 0.25) is 0 Å². The maximum absolute atomic E-state index is 12.3. The summed E-state index contributed by atoms with van der Waals surface area (Å²) in [6, 6.07) is 7.49. The lowest BCUT2D eigenvalue weighted by Gasteiger charge is -2.10. The summed E-state index contributed by atoms with van der Waals surface area (Å²) in [4.78, 5) is 15.9. The Labute approximate surface area is 135 Å². The number of carbonyl (C=O) groups is 1. The first-order valence-corrected chi connectivity index (χ1v) is 6.76. The van der Waals surface area contributed by atoms with Crippen molar-refractivity contribution in [1.29, 1.82) is 0 Å². The molecule has 1 aliphatic rings. The second-order valence-electron chi connectivity index (χ2n) is 4.60. The van der Waals surface area contributed by atoms with Crippen molar-refractivity contribution in [2.45, 2.75) is 6.61 Å². The Balaban J connectivity index is 1.89. The highest BCUT2D eigenvalue weighted by Gasteiger charge is 2.25. The molecule has 0 saturated carbocycles. The third-order valence-corrected chi connectivity index (χ3v) is 3.06. The van der Waals surface area contributed by atoms with Crippen LogP contribution in [0, 0.1) is 0 Å². The lowest BCUT2D eigenvalue weighted by molar-refractivity contribution is -0.130. The number of furan rings is 1. The highest BCUT2D eigenvalue weighted by molar-refractivity contribution is 6.11. The summed E-state index contributed by atoms with van der Waals surface area (Å²) < 4.78 is 44.1. The van der Waals surface area contributed by atoms with E-state index >= 15 is 0 Å². The summed E-state index contributed by atoms with van der Waals surface area (Å²) in [6.07, 6.45) is 2.87. The molecule has 0 spiro atoms. The van der Waals surface area contributed by atoms with Gasteiger partial charge in [-0.3, -0.25) is 0 Å². The van der Waals surface area contributed by atoms with Crippen LogP contribution in [-0.4, -0.2) is 25.6 Å². The Morgan fingerprint density at radius 2 is 2.08 bits per heavy atom.